The van der Waals surface area contributed by atoms with Crippen molar-refractivity contribution in [3.63, 3.8) is 0 Å². The molecular formula is C11H15N5O2S. The summed E-state index contributed by atoms with van der Waals surface area (Å²) in [7, 11) is 0. The van der Waals surface area contributed by atoms with Gasteiger partial charge in [-0.25, -0.2) is 0 Å². The molecule has 0 unspecified atom stereocenters. The minimum Gasteiger partial charge on any atom is -0.394 e. The van der Waals surface area contributed by atoms with E-state index in [1.54, 1.807) is 11.3 Å². The summed E-state index contributed by atoms with van der Waals surface area (Å²) in [4.78, 5) is 12.9. The van der Waals surface area contributed by atoms with Crippen molar-refractivity contribution >= 4 is 17.2 Å². The predicted molar refractivity (Wildman–Crippen MR) is 70.4 cm³/mol. The third kappa shape index (κ3) is 3.58. The van der Waals surface area contributed by atoms with Crippen molar-refractivity contribution in [1.82, 2.24) is 25.5 Å². The Morgan fingerprint density at radius 3 is 3.11 bits per heavy atom. The Balaban J connectivity index is 1.95. The van der Waals surface area contributed by atoms with Gasteiger partial charge in [-0.3, -0.25) is 4.79 Å². The lowest BCUT2D eigenvalue weighted by atomic mass is 10.2. The third-order valence-electron chi connectivity index (χ3n) is 2.60. The van der Waals surface area contributed by atoms with Crippen LogP contribution in [0.5, 0.6) is 0 Å². The summed E-state index contributed by atoms with van der Waals surface area (Å²) in [5.41, 5.74) is 0.887. The van der Waals surface area contributed by atoms with E-state index in [0.717, 1.165) is 5.56 Å². The topological polar surface area (TPSA) is 92.9 Å². The van der Waals surface area contributed by atoms with Gasteiger partial charge in [0.2, 0.25) is 11.7 Å². The van der Waals surface area contributed by atoms with Crippen molar-refractivity contribution in [3.05, 3.63) is 16.8 Å². The lowest BCUT2D eigenvalue weighted by Crippen LogP contribution is -2.39. The van der Waals surface area contributed by atoms with Crippen molar-refractivity contribution < 1.29 is 9.90 Å². The molecule has 7 nitrogen and oxygen atoms in total. The Morgan fingerprint density at radius 1 is 1.63 bits per heavy atom. The standard InChI is InChI=1S/C11H15N5O2S/c1-2-9(6-17)12-10(18)5-16-14-11(13-15-16)8-3-4-19-7-8/h3-4,7,9,17H,2,5-6H2,1H3,(H,12,18)/t9-/m1/s1. The fourth-order valence-corrected chi connectivity index (χ4v) is 2.13. The lowest BCUT2D eigenvalue weighted by molar-refractivity contribution is -0.123. The van der Waals surface area contributed by atoms with E-state index in [1.165, 1.54) is 4.80 Å². The zero-order valence-corrected chi connectivity index (χ0v) is 11.3. The molecule has 2 heterocycles. The highest BCUT2D eigenvalue weighted by Crippen LogP contribution is 2.16. The monoisotopic (exact) mass is 281 g/mol. The molecular weight excluding hydrogens is 266 g/mol. The molecule has 2 aromatic rings. The Hall–Kier alpha value is -1.80. The molecule has 102 valence electrons. The molecule has 19 heavy (non-hydrogen) atoms. The molecule has 0 fully saturated rings. The zero-order valence-electron chi connectivity index (χ0n) is 10.5. The summed E-state index contributed by atoms with van der Waals surface area (Å²) < 4.78 is 0. The molecule has 2 rings (SSSR count). The van der Waals surface area contributed by atoms with Crippen molar-refractivity contribution in [2.45, 2.75) is 25.9 Å². The average Bonchev–Trinajstić information content (AvgIpc) is 3.06. The van der Waals surface area contributed by atoms with Crippen molar-refractivity contribution in [2.75, 3.05) is 6.61 Å². The molecule has 0 aromatic carbocycles. The zero-order chi connectivity index (χ0) is 13.7. The number of aromatic nitrogens is 4. The Morgan fingerprint density at radius 2 is 2.47 bits per heavy atom. The van der Waals surface area contributed by atoms with E-state index in [1.807, 2.05) is 23.8 Å². The van der Waals surface area contributed by atoms with Crippen LogP contribution in [0.2, 0.25) is 0 Å². The van der Waals surface area contributed by atoms with Gasteiger partial charge in [0.15, 0.2) is 0 Å². The van der Waals surface area contributed by atoms with Crippen LogP contribution in [0.3, 0.4) is 0 Å². The highest BCUT2D eigenvalue weighted by molar-refractivity contribution is 7.08. The van der Waals surface area contributed by atoms with Crippen LogP contribution < -0.4 is 5.32 Å². The fourth-order valence-electron chi connectivity index (χ4n) is 1.50. The SMILES string of the molecule is CC[C@H](CO)NC(=O)Cn1nnc(-c2ccsc2)n1. The van der Waals surface area contributed by atoms with Gasteiger partial charge in [0, 0.05) is 10.9 Å². The number of amides is 1. The summed E-state index contributed by atoms with van der Waals surface area (Å²) in [5, 5.41) is 27.4. The number of aliphatic hydroxyl groups is 1. The van der Waals surface area contributed by atoms with Crippen LogP contribution in [0, 0.1) is 0 Å². The molecule has 0 aliphatic rings. The first-order chi connectivity index (χ1) is 9.22. The van der Waals surface area contributed by atoms with Crippen molar-refractivity contribution in [3.8, 4) is 11.4 Å². The molecule has 2 N–H and O–H groups in total. The van der Waals surface area contributed by atoms with Gasteiger partial charge in [0.1, 0.15) is 6.54 Å². The molecule has 1 amide bonds. The van der Waals surface area contributed by atoms with Crippen LogP contribution in [0.4, 0.5) is 0 Å². The summed E-state index contributed by atoms with van der Waals surface area (Å²) >= 11 is 1.55. The van der Waals surface area contributed by atoms with Gasteiger partial charge < -0.3 is 10.4 Å². The van der Waals surface area contributed by atoms with Crippen molar-refractivity contribution in [1.29, 1.82) is 0 Å². The maximum atomic E-state index is 11.7. The van der Waals surface area contributed by atoms with Crippen molar-refractivity contribution in [2.24, 2.45) is 0 Å². The first kappa shape index (κ1) is 13.6. The smallest absolute Gasteiger partial charge is 0.243 e. The number of carbonyl (C=O) groups is 1. The molecule has 1 atom stereocenters. The largest absolute Gasteiger partial charge is 0.394 e. The van der Waals surface area contributed by atoms with E-state index < -0.39 is 0 Å². The van der Waals surface area contributed by atoms with E-state index in [9.17, 15) is 4.79 Å². The van der Waals surface area contributed by atoms with Crippen LogP contribution in [0.15, 0.2) is 16.8 Å². The maximum Gasteiger partial charge on any atom is 0.243 e. The van der Waals surface area contributed by atoms with Crippen LogP contribution in [0.1, 0.15) is 13.3 Å². The number of hydrogen-bond donors (Lipinski definition) is 2. The first-order valence-corrected chi connectivity index (χ1v) is 6.87. The molecule has 0 spiro atoms. The maximum absolute atomic E-state index is 11.7. The highest BCUT2D eigenvalue weighted by atomic mass is 32.1. The van der Waals surface area contributed by atoms with Gasteiger partial charge in [-0.1, -0.05) is 6.92 Å². The van der Waals surface area contributed by atoms with Gasteiger partial charge in [-0.2, -0.15) is 16.1 Å². The van der Waals surface area contributed by atoms with E-state index in [4.69, 9.17) is 5.11 Å². The number of aliphatic hydroxyl groups excluding tert-OH is 1. The summed E-state index contributed by atoms with van der Waals surface area (Å²) in [5.74, 6) is 0.262. The number of hydrogen-bond acceptors (Lipinski definition) is 6. The van der Waals surface area contributed by atoms with Gasteiger partial charge >= 0.3 is 0 Å². The van der Waals surface area contributed by atoms with Gasteiger partial charge in [0.05, 0.1) is 12.6 Å². The number of nitrogens with one attached hydrogen (secondary N) is 1. The summed E-state index contributed by atoms with van der Waals surface area (Å²) in [6.07, 6.45) is 0.674. The Kier molecular flexibility index (Phi) is 4.58. The Bertz CT molecular complexity index is 521. The van der Waals surface area contributed by atoms with Gasteiger partial charge in [0.25, 0.3) is 0 Å². The van der Waals surface area contributed by atoms with E-state index >= 15 is 0 Å². The quantitative estimate of drug-likeness (QED) is 0.794. The van der Waals surface area contributed by atoms with Crippen LogP contribution in [-0.2, 0) is 11.3 Å². The normalized spacial score (nSPS) is 12.3. The molecule has 8 heteroatoms. The molecule has 0 aliphatic carbocycles. The molecule has 2 aromatic heterocycles. The number of thiophene rings is 1. The molecule has 0 radical (unpaired) electrons. The highest BCUT2D eigenvalue weighted by Gasteiger charge is 2.12. The van der Waals surface area contributed by atoms with Crippen LogP contribution in [0.25, 0.3) is 11.4 Å². The van der Waals surface area contributed by atoms with E-state index in [0.29, 0.717) is 12.2 Å². The second kappa shape index (κ2) is 6.39. The summed E-state index contributed by atoms with van der Waals surface area (Å²) in [6.45, 7) is 1.81. The number of nitrogens with zero attached hydrogens (tertiary/aromatic N) is 4. The van der Waals surface area contributed by atoms with E-state index in [-0.39, 0.29) is 25.1 Å². The second-order valence-corrected chi connectivity index (χ2v) is 4.79. The number of tetrazole rings is 1. The van der Waals surface area contributed by atoms with Crippen LogP contribution >= 0.6 is 11.3 Å². The third-order valence-corrected chi connectivity index (χ3v) is 3.28. The lowest BCUT2D eigenvalue weighted by Gasteiger charge is -2.13. The first-order valence-electron chi connectivity index (χ1n) is 5.93. The fraction of sp³-hybridized carbons (Fsp3) is 0.455. The van der Waals surface area contributed by atoms with Crippen LogP contribution in [-0.4, -0.2) is 43.9 Å². The summed E-state index contributed by atoms with van der Waals surface area (Å²) in [6, 6.07) is 1.66. The number of rotatable bonds is 6. The average molecular weight is 281 g/mol. The predicted octanol–water partition coefficient (Wildman–Crippen LogP) is 0.289. The molecule has 0 saturated carbocycles. The van der Waals surface area contributed by atoms with E-state index in [2.05, 4.69) is 20.7 Å². The molecule has 0 saturated heterocycles. The molecule has 0 bridgehead atoms. The second-order valence-electron chi connectivity index (χ2n) is 4.01. The minimum atomic E-state index is -0.241. The Labute approximate surface area is 114 Å². The van der Waals surface area contributed by atoms with Gasteiger partial charge in [-0.05, 0) is 23.1 Å². The minimum absolute atomic E-state index is 0.00631. The number of carbonyl (C=O) groups excluding carboxylic acids is 1. The van der Waals surface area contributed by atoms with Gasteiger partial charge in [-0.15, -0.1) is 10.2 Å². The molecule has 0 aliphatic heterocycles.